The summed E-state index contributed by atoms with van der Waals surface area (Å²) in [7, 11) is 0. The van der Waals surface area contributed by atoms with Crippen molar-refractivity contribution in [1.82, 2.24) is 4.57 Å². The minimum Gasteiger partial charge on any atom is -0.454 e. The number of aryl methyl sites for hydroxylation is 2. The van der Waals surface area contributed by atoms with Crippen LogP contribution in [0.5, 0.6) is 0 Å². The van der Waals surface area contributed by atoms with Crippen molar-refractivity contribution in [2.75, 3.05) is 0 Å². The Morgan fingerprint density at radius 2 is 1.19 bits per heavy atom. The van der Waals surface area contributed by atoms with E-state index < -0.39 is 0 Å². The van der Waals surface area contributed by atoms with Gasteiger partial charge in [-0.3, -0.25) is 4.99 Å². The molecule has 0 aliphatic rings. The number of fused-ring (bicyclic) bond motifs is 6. The number of hydrogen-bond acceptors (Lipinski definition) is 2. The van der Waals surface area contributed by atoms with Crippen LogP contribution in [0.25, 0.3) is 60.6 Å². The lowest BCUT2D eigenvalue weighted by molar-refractivity contribution is 0.666. The molecule has 250 valence electrons. The van der Waals surface area contributed by atoms with Crippen LogP contribution < -0.4 is 5.73 Å². The van der Waals surface area contributed by atoms with Gasteiger partial charge in [-0.1, -0.05) is 139 Å². The highest BCUT2D eigenvalue weighted by atomic mass is 16.3. The Morgan fingerprint density at radius 3 is 1.87 bits per heavy atom. The minimum absolute atomic E-state index is 0.389. The third-order valence-electron chi connectivity index (χ3n) is 9.77. The molecule has 5 nitrogen and oxygen atoms in total. The molecule has 0 aliphatic carbocycles. The van der Waals surface area contributed by atoms with Crippen LogP contribution in [0, 0.1) is 13.8 Å². The molecule has 9 rings (SSSR count). The van der Waals surface area contributed by atoms with Gasteiger partial charge in [0.15, 0.2) is 11.4 Å². The predicted octanol–water partition coefficient (Wildman–Crippen LogP) is 11.3. The Morgan fingerprint density at radius 1 is 0.596 bits per heavy atom. The molecule has 0 radical (unpaired) electrons. The molecule has 0 unspecified atom stereocenters. The molecular weight excluding hydrogens is 637 g/mol. The fourth-order valence-electron chi connectivity index (χ4n) is 7.50. The second-order valence-corrected chi connectivity index (χ2v) is 13.4. The quantitative estimate of drug-likeness (QED) is 0.141. The molecule has 52 heavy (non-hydrogen) atoms. The molecule has 0 saturated heterocycles. The third kappa shape index (κ3) is 5.53. The second kappa shape index (κ2) is 12.9. The largest absolute Gasteiger partial charge is 0.454 e. The van der Waals surface area contributed by atoms with E-state index in [9.17, 15) is 0 Å². The highest BCUT2D eigenvalue weighted by Gasteiger charge is 2.21. The van der Waals surface area contributed by atoms with E-state index in [1.165, 1.54) is 27.5 Å². The summed E-state index contributed by atoms with van der Waals surface area (Å²) in [5.74, 6) is 0.998. The number of para-hydroxylation sites is 2. The van der Waals surface area contributed by atoms with Gasteiger partial charge in [0.1, 0.15) is 11.4 Å². The van der Waals surface area contributed by atoms with E-state index >= 15 is 0 Å². The van der Waals surface area contributed by atoms with Crippen LogP contribution in [-0.4, -0.2) is 16.2 Å². The predicted molar refractivity (Wildman–Crippen MR) is 217 cm³/mol. The molecule has 0 bridgehead atoms. The molecule has 9 aromatic rings. The molecule has 0 atom stereocenters. The molecule has 2 N–H and O–H groups in total. The van der Waals surface area contributed by atoms with Crippen LogP contribution in [0.2, 0.25) is 0 Å². The Balaban J connectivity index is 1.29. The number of nitrogens with two attached hydrogens (primary N) is 1. The molecule has 0 fully saturated rings. The van der Waals surface area contributed by atoms with Crippen molar-refractivity contribution in [2.45, 2.75) is 20.4 Å². The number of amidine groups is 2. The molecule has 7 aromatic carbocycles. The number of aliphatic imine (C=N–C) groups is 2. The van der Waals surface area contributed by atoms with E-state index in [0.29, 0.717) is 18.2 Å². The highest BCUT2D eigenvalue weighted by molar-refractivity contribution is 6.15. The number of furan rings is 1. The maximum atomic E-state index is 6.88. The molecule has 0 aliphatic heterocycles. The van der Waals surface area contributed by atoms with Crippen LogP contribution in [0.3, 0.4) is 0 Å². The van der Waals surface area contributed by atoms with Gasteiger partial charge in [-0.25, -0.2) is 4.99 Å². The second-order valence-electron chi connectivity index (χ2n) is 13.4. The molecule has 2 aromatic heterocycles. The van der Waals surface area contributed by atoms with Gasteiger partial charge in [0, 0.05) is 32.7 Å². The zero-order valence-corrected chi connectivity index (χ0v) is 29.0. The van der Waals surface area contributed by atoms with E-state index in [4.69, 9.17) is 20.1 Å². The van der Waals surface area contributed by atoms with E-state index in [1.807, 2.05) is 66.7 Å². The van der Waals surface area contributed by atoms with Crippen molar-refractivity contribution >= 4 is 55.4 Å². The van der Waals surface area contributed by atoms with E-state index in [2.05, 4.69) is 109 Å². The smallest absolute Gasteiger partial charge is 0.159 e. The molecule has 0 spiro atoms. The summed E-state index contributed by atoms with van der Waals surface area (Å²) in [6.07, 6.45) is 0. The van der Waals surface area contributed by atoms with Crippen molar-refractivity contribution < 1.29 is 4.42 Å². The van der Waals surface area contributed by atoms with Gasteiger partial charge in [-0.15, -0.1) is 0 Å². The highest BCUT2D eigenvalue weighted by Crippen LogP contribution is 2.42. The number of aromatic nitrogens is 1. The van der Waals surface area contributed by atoms with Gasteiger partial charge in [-0.05, 0) is 60.9 Å². The van der Waals surface area contributed by atoms with Gasteiger partial charge in [0.2, 0.25) is 0 Å². The number of hydrogen-bond donors (Lipinski definition) is 1. The summed E-state index contributed by atoms with van der Waals surface area (Å²) in [6, 6.07) is 54.6. The van der Waals surface area contributed by atoms with E-state index in [0.717, 1.165) is 60.9 Å². The van der Waals surface area contributed by atoms with Crippen molar-refractivity contribution in [3.8, 4) is 16.8 Å². The van der Waals surface area contributed by atoms with Crippen LogP contribution >= 0.6 is 0 Å². The average molecular weight is 673 g/mol. The Bertz CT molecular complexity index is 2770. The first-order chi connectivity index (χ1) is 25.5. The normalized spacial score (nSPS) is 12.4. The molecule has 0 saturated carbocycles. The summed E-state index contributed by atoms with van der Waals surface area (Å²) in [4.78, 5) is 9.98. The van der Waals surface area contributed by atoms with Gasteiger partial charge in [0.25, 0.3) is 0 Å². The maximum absolute atomic E-state index is 6.88. The van der Waals surface area contributed by atoms with Crippen molar-refractivity contribution in [3.05, 3.63) is 186 Å². The Labute approximate surface area is 302 Å². The molecule has 2 heterocycles. The van der Waals surface area contributed by atoms with E-state index in [1.54, 1.807) is 0 Å². The van der Waals surface area contributed by atoms with Gasteiger partial charge in [-0.2, -0.15) is 0 Å². The number of benzene rings is 7. The van der Waals surface area contributed by atoms with Crippen LogP contribution in [0.4, 0.5) is 0 Å². The maximum Gasteiger partial charge on any atom is 0.159 e. The van der Waals surface area contributed by atoms with E-state index in [-0.39, 0.29) is 0 Å². The number of nitrogens with zero attached hydrogens (tertiary/aromatic N) is 3. The van der Waals surface area contributed by atoms with Crippen molar-refractivity contribution in [3.63, 3.8) is 0 Å². The van der Waals surface area contributed by atoms with Gasteiger partial charge < -0.3 is 14.7 Å². The molecular formula is C47H36N4O. The summed E-state index contributed by atoms with van der Waals surface area (Å²) in [5, 5.41) is 4.50. The lowest BCUT2D eigenvalue weighted by atomic mass is 9.97. The lowest BCUT2D eigenvalue weighted by Crippen LogP contribution is -2.16. The van der Waals surface area contributed by atoms with Gasteiger partial charge in [0.05, 0.1) is 23.3 Å². The first kappa shape index (κ1) is 31.3. The third-order valence-corrected chi connectivity index (χ3v) is 9.77. The SMILES string of the molecule is Cc1cc(C)cc(-c2cc(-n3c4ccccc4c4ccccc43)c3oc4cccc(CN=C(N=C(N)c5ccccc5)c5ccccc5)c4c3c2)c1. The average Bonchev–Trinajstić information content (AvgIpc) is 3.73. The van der Waals surface area contributed by atoms with Crippen LogP contribution in [0.1, 0.15) is 27.8 Å². The first-order valence-corrected chi connectivity index (χ1v) is 17.6. The minimum atomic E-state index is 0.389. The Kier molecular flexibility index (Phi) is 7.74. The summed E-state index contributed by atoms with van der Waals surface area (Å²) < 4.78 is 9.24. The summed E-state index contributed by atoms with van der Waals surface area (Å²) >= 11 is 0. The summed E-state index contributed by atoms with van der Waals surface area (Å²) in [5.41, 5.74) is 19.0. The Hall–Kier alpha value is -6.72. The lowest BCUT2D eigenvalue weighted by Gasteiger charge is -2.13. The topological polar surface area (TPSA) is 68.8 Å². The van der Waals surface area contributed by atoms with Gasteiger partial charge >= 0.3 is 0 Å². The monoisotopic (exact) mass is 672 g/mol. The zero-order valence-electron chi connectivity index (χ0n) is 29.0. The number of rotatable bonds is 6. The fourth-order valence-corrected chi connectivity index (χ4v) is 7.50. The van der Waals surface area contributed by atoms with Crippen molar-refractivity contribution in [1.29, 1.82) is 0 Å². The van der Waals surface area contributed by atoms with Crippen LogP contribution in [-0.2, 0) is 6.54 Å². The standard InChI is InChI=1S/C47H36N4O/c1-30-24-31(2)26-35(25-30)36-27-39-44-34(29-49-47(33-16-7-4-8-17-33)50-46(48)32-14-5-3-6-15-32)18-13-23-43(44)52-45(39)42(28-36)51-40-21-11-9-19-37(40)38-20-10-12-22-41(38)51/h3-28H,29H2,1-2H3,(H2,48,49,50). The molecule has 5 heteroatoms. The molecule has 0 amide bonds. The first-order valence-electron chi connectivity index (χ1n) is 17.6. The van der Waals surface area contributed by atoms with Crippen LogP contribution in [0.15, 0.2) is 172 Å². The fraction of sp³-hybridized carbons (Fsp3) is 0.0638. The van der Waals surface area contributed by atoms with Crippen molar-refractivity contribution in [2.24, 2.45) is 15.7 Å². The zero-order chi connectivity index (χ0) is 35.2. The summed E-state index contributed by atoms with van der Waals surface area (Å²) in [6.45, 7) is 4.70.